The Morgan fingerprint density at radius 3 is 2.24 bits per heavy atom. The van der Waals surface area contributed by atoms with E-state index in [-0.39, 0.29) is 36.2 Å². The Hall–Kier alpha value is -1.59. The summed E-state index contributed by atoms with van der Waals surface area (Å²) in [5.74, 6) is -0.209. The highest BCUT2D eigenvalue weighted by molar-refractivity contribution is 5.94. The van der Waals surface area contributed by atoms with Gasteiger partial charge in [0.05, 0.1) is 0 Å². The fourth-order valence-corrected chi connectivity index (χ4v) is 1.54. The first-order valence-corrected chi connectivity index (χ1v) is 6.85. The molecule has 1 rings (SSSR count). The van der Waals surface area contributed by atoms with Crippen LogP contribution in [0, 0.1) is 5.92 Å². The summed E-state index contributed by atoms with van der Waals surface area (Å²) in [6.07, 6.45) is 1.04. The van der Waals surface area contributed by atoms with Crippen molar-refractivity contribution in [3.05, 3.63) is 24.3 Å². The Balaban J connectivity index is 0.00000400. The minimum atomic E-state index is -0.0840. The summed E-state index contributed by atoms with van der Waals surface area (Å²) in [5.41, 5.74) is 6.96. The predicted molar refractivity (Wildman–Crippen MR) is 88.7 cm³/mol. The Morgan fingerprint density at radius 2 is 1.71 bits per heavy atom. The van der Waals surface area contributed by atoms with Crippen LogP contribution in [-0.2, 0) is 9.59 Å². The molecule has 2 amide bonds. The normalized spacial score (nSPS) is 11.5. The highest BCUT2D eigenvalue weighted by Gasteiger charge is 2.08. The molecule has 1 aromatic rings. The molecule has 21 heavy (non-hydrogen) atoms. The molecule has 0 bridgehead atoms. The summed E-state index contributed by atoms with van der Waals surface area (Å²) >= 11 is 0. The van der Waals surface area contributed by atoms with Crippen molar-refractivity contribution < 1.29 is 9.59 Å². The molecule has 0 saturated carbocycles. The lowest BCUT2D eigenvalue weighted by Crippen LogP contribution is -2.20. The second-order valence-electron chi connectivity index (χ2n) is 5.29. The van der Waals surface area contributed by atoms with E-state index in [0.29, 0.717) is 24.2 Å². The summed E-state index contributed by atoms with van der Waals surface area (Å²) in [4.78, 5) is 23.3. The van der Waals surface area contributed by atoms with Gasteiger partial charge < -0.3 is 16.4 Å². The van der Waals surface area contributed by atoms with Crippen LogP contribution in [0.3, 0.4) is 0 Å². The maximum absolute atomic E-state index is 11.7. The third-order valence-corrected chi connectivity index (χ3v) is 2.76. The van der Waals surface area contributed by atoms with Gasteiger partial charge in [-0.3, -0.25) is 9.59 Å². The second kappa shape index (κ2) is 9.37. The first-order valence-electron chi connectivity index (χ1n) is 6.85. The van der Waals surface area contributed by atoms with E-state index in [9.17, 15) is 9.59 Å². The fraction of sp³-hybridized carbons (Fsp3) is 0.467. The quantitative estimate of drug-likeness (QED) is 0.755. The minimum Gasteiger partial charge on any atom is -0.328 e. The Kier molecular flexibility index (Phi) is 8.66. The van der Waals surface area contributed by atoms with Gasteiger partial charge in [-0.05, 0) is 31.5 Å². The van der Waals surface area contributed by atoms with Crippen molar-refractivity contribution in [2.24, 2.45) is 11.7 Å². The van der Waals surface area contributed by atoms with E-state index in [2.05, 4.69) is 10.6 Å². The molecule has 0 aliphatic carbocycles. The molecular formula is C15H24ClN3O2. The van der Waals surface area contributed by atoms with Gasteiger partial charge in [0.2, 0.25) is 11.8 Å². The van der Waals surface area contributed by atoms with Crippen LogP contribution in [-0.4, -0.2) is 17.9 Å². The van der Waals surface area contributed by atoms with Gasteiger partial charge in [-0.2, -0.15) is 0 Å². The van der Waals surface area contributed by atoms with Crippen molar-refractivity contribution in [3.8, 4) is 0 Å². The van der Waals surface area contributed by atoms with Gasteiger partial charge in [-0.15, -0.1) is 12.4 Å². The standard InChI is InChI=1S/C15H23N3O2.ClH/c1-10(2)15(20)18-13-6-4-5-12(9-13)17-14(19)8-7-11(3)16;/h4-6,9-11H,7-8,16H2,1-3H3,(H,17,19)(H,18,20);1H. The molecule has 0 aliphatic rings. The van der Waals surface area contributed by atoms with Gasteiger partial charge >= 0.3 is 0 Å². The molecule has 1 unspecified atom stereocenters. The number of carbonyl (C=O) groups is 2. The number of nitrogens with one attached hydrogen (secondary N) is 2. The zero-order chi connectivity index (χ0) is 15.1. The maximum Gasteiger partial charge on any atom is 0.226 e. The molecular weight excluding hydrogens is 290 g/mol. The highest BCUT2D eigenvalue weighted by atomic mass is 35.5. The molecule has 0 radical (unpaired) electrons. The summed E-state index contributed by atoms with van der Waals surface area (Å²) in [6, 6.07) is 7.12. The SMILES string of the molecule is CC(N)CCC(=O)Nc1cccc(NC(=O)C(C)C)c1.Cl. The number of carbonyl (C=O) groups excluding carboxylic acids is 2. The van der Waals surface area contributed by atoms with Gasteiger partial charge in [0.25, 0.3) is 0 Å². The molecule has 0 fully saturated rings. The van der Waals surface area contributed by atoms with Crippen LogP contribution in [0.15, 0.2) is 24.3 Å². The van der Waals surface area contributed by atoms with Crippen LogP contribution < -0.4 is 16.4 Å². The van der Waals surface area contributed by atoms with Gasteiger partial charge in [0, 0.05) is 29.8 Å². The van der Waals surface area contributed by atoms with Crippen LogP contribution in [0.2, 0.25) is 0 Å². The number of halogens is 1. The molecule has 1 aromatic carbocycles. The van der Waals surface area contributed by atoms with Crippen molar-refractivity contribution in [1.29, 1.82) is 0 Å². The monoisotopic (exact) mass is 313 g/mol. The molecule has 5 nitrogen and oxygen atoms in total. The number of anilines is 2. The molecule has 118 valence electrons. The Bertz CT molecular complexity index is 476. The molecule has 0 spiro atoms. The highest BCUT2D eigenvalue weighted by Crippen LogP contribution is 2.16. The lowest BCUT2D eigenvalue weighted by Gasteiger charge is -2.10. The van der Waals surface area contributed by atoms with E-state index in [1.165, 1.54) is 0 Å². The third kappa shape index (κ3) is 7.68. The average molecular weight is 314 g/mol. The number of hydrogen-bond donors (Lipinski definition) is 3. The number of amides is 2. The summed E-state index contributed by atoms with van der Waals surface area (Å²) < 4.78 is 0. The zero-order valence-electron chi connectivity index (χ0n) is 12.7. The van der Waals surface area contributed by atoms with Crippen molar-refractivity contribution in [3.63, 3.8) is 0 Å². The maximum atomic E-state index is 11.7. The van der Waals surface area contributed by atoms with E-state index in [4.69, 9.17) is 5.73 Å². The predicted octanol–water partition coefficient (Wildman–Crippen LogP) is 2.77. The molecule has 1 atom stereocenters. The van der Waals surface area contributed by atoms with Crippen LogP contribution in [0.4, 0.5) is 11.4 Å². The summed E-state index contributed by atoms with van der Waals surface area (Å²) in [7, 11) is 0. The van der Waals surface area contributed by atoms with Crippen LogP contribution in [0.5, 0.6) is 0 Å². The number of nitrogens with two attached hydrogens (primary N) is 1. The minimum absolute atomic E-state index is 0. The molecule has 0 aliphatic heterocycles. The Morgan fingerprint density at radius 1 is 1.14 bits per heavy atom. The van der Waals surface area contributed by atoms with Crippen LogP contribution >= 0.6 is 12.4 Å². The molecule has 0 heterocycles. The van der Waals surface area contributed by atoms with Crippen LogP contribution in [0.1, 0.15) is 33.6 Å². The van der Waals surface area contributed by atoms with Crippen molar-refractivity contribution in [2.45, 2.75) is 39.7 Å². The second-order valence-corrected chi connectivity index (χ2v) is 5.29. The van der Waals surface area contributed by atoms with Gasteiger partial charge in [0.1, 0.15) is 0 Å². The molecule has 0 saturated heterocycles. The lowest BCUT2D eigenvalue weighted by atomic mass is 10.2. The van der Waals surface area contributed by atoms with Crippen molar-refractivity contribution in [2.75, 3.05) is 10.6 Å². The van der Waals surface area contributed by atoms with Gasteiger partial charge in [-0.1, -0.05) is 19.9 Å². The number of benzene rings is 1. The number of rotatable bonds is 6. The van der Waals surface area contributed by atoms with E-state index in [1.807, 2.05) is 20.8 Å². The summed E-state index contributed by atoms with van der Waals surface area (Å²) in [5, 5.41) is 5.59. The largest absolute Gasteiger partial charge is 0.328 e. The van der Waals surface area contributed by atoms with Gasteiger partial charge in [0.15, 0.2) is 0 Å². The molecule has 0 aromatic heterocycles. The number of hydrogen-bond acceptors (Lipinski definition) is 3. The average Bonchev–Trinajstić information content (AvgIpc) is 2.36. The van der Waals surface area contributed by atoms with Crippen molar-refractivity contribution >= 4 is 35.6 Å². The van der Waals surface area contributed by atoms with Crippen LogP contribution in [0.25, 0.3) is 0 Å². The van der Waals surface area contributed by atoms with E-state index < -0.39 is 0 Å². The first kappa shape index (κ1) is 19.4. The molecule has 4 N–H and O–H groups in total. The first-order chi connectivity index (χ1) is 9.38. The zero-order valence-corrected chi connectivity index (χ0v) is 13.5. The van der Waals surface area contributed by atoms with E-state index in [0.717, 1.165) is 0 Å². The fourth-order valence-electron chi connectivity index (χ4n) is 1.54. The van der Waals surface area contributed by atoms with Gasteiger partial charge in [-0.25, -0.2) is 0 Å². The van der Waals surface area contributed by atoms with Crippen molar-refractivity contribution in [1.82, 2.24) is 0 Å². The molecule has 6 heteroatoms. The lowest BCUT2D eigenvalue weighted by molar-refractivity contribution is -0.119. The topological polar surface area (TPSA) is 84.2 Å². The Labute approximate surface area is 132 Å². The third-order valence-electron chi connectivity index (χ3n) is 2.76. The van der Waals surface area contributed by atoms with E-state index in [1.54, 1.807) is 24.3 Å². The van der Waals surface area contributed by atoms with E-state index >= 15 is 0 Å². The summed E-state index contributed by atoms with van der Waals surface area (Å²) in [6.45, 7) is 5.53. The smallest absolute Gasteiger partial charge is 0.226 e.